The fourth-order valence-electron chi connectivity index (χ4n) is 11.1. The second kappa shape index (κ2) is 18.5. The van der Waals surface area contributed by atoms with Crippen LogP contribution in [0.15, 0.2) is 84.7 Å². The first-order chi connectivity index (χ1) is 31.6. The Kier molecular flexibility index (Phi) is 12.3. The van der Waals surface area contributed by atoms with Gasteiger partial charge in [0.15, 0.2) is 0 Å². The van der Waals surface area contributed by atoms with E-state index in [9.17, 15) is 14.4 Å². The topological polar surface area (TPSA) is 130 Å². The van der Waals surface area contributed by atoms with Crippen molar-refractivity contribution in [1.29, 1.82) is 0 Å². The Labute approximate surface area is 380 Å². The number of benzene rings is 3. The van der Waals surface area contributed by atoms with E-state index >= 15 is 4.39 Å². The molecular formula is C52H60FN9O3. The Morgan fingerprint density at radius 3 is 2.43 bits per heavy atom. The number of amides is 3. The molecule has 12 nitrogen and oxygen atoms in total. The largest absolute Gasteiger partial charge is 0.374 e. The predicted octanol–water partition coefficient (Wildman–Crippen LogP) is 7.50. The number of piperidine rings is 3. The van der Waals surface area contributed by atoms with E-state index in [1.54, 1.807) is 12.1 Å². The van der Waals surface area contributed by atoms with Crippen molar-refractivity contribution in [2.24, 2.45) is 11.8 Å². The lowest BCUT2D eigenvalue weighted by Crippen LogP contribution is -2.49. The van der Waals surface area contributed by atoms with Crippen LogP contribution in [0.25, 0.3) is 28.1 Å². The second-order valence-corrected chi connectivity index (χ2v) is 19.1. The number of likely N-dealkylation sites (tertiary alicyclic amines) is 2. The number of halogens is 1. The van der Waals surface area contributed by atoms with Crippen LogP contribution in [-0.4, -0.2) is 119 Å². The monoisotopic (exact) mass is 877 g/mol. The number of carbonyl (C=O) groups excluding carboxylic acids is 3. The number of fused-ring (bicyclic) bond motifs is 2. The lowest BCUT2D eigenvalue weighted by atomic mass is 9.80. The highest BCUT2D eigenvalue weighted by Gasteiger charge is 2.32. The number of rotatable bonds is 10. The molecule has 4 saturated heterocycles. The van der Waals surface area contributed by atoms with Gasteiger partial charge in [-0.05, 0) is 147 Å². The quantitative estimate of drug-likeness (QED) is 0.122. The summed E-state index contributed by atoms with van der Waals surface area (Å²) in [7, 11) is 0. The first-order valence-corrected chi connectivity index (χ1v) is 23.8. The van der Waals surface area contributed by atoms with Crippen LogP contribution in [0.1, 0.15) is 85.5 Å². The van der Waals surface area contributed by atoms with E-state index in [1.807, 2.05) is 29.4 Å². The summed E-state index contributed by atoms with van der Waals surface area (Å²) in [6.45, 7) is 12.5. The molecule has 1 aliphatic carbocycles. The minimum atomic E-state index is -0.548. The summed E-state index contributed by atoms with van der Waals surface area (Å²) >= 11 is 0. The molecule has 4 fully saturated rings. The van der Waals surface area contributed by atoms with Crippen LogP contribution in [0.3, 0.4) is 0 Å². The van der Waals surface area contributed by atoms with Crippen LogP contribution in [0, 0.1) is 17.7 Å². The highest BCUT2D eigenvalue weighted by atomic mass is 19.1. The molecule has 3 aromatic carbocycles. The highest BCUT2D eigenvalue weighted by Crippen LogP contribution is 2.39. The van der Waals surface area contributed by atoms with E-state index in [-0.39, 0.29) is 30.0 Å². The molecule has 13 heteroatoms. The summed E-state index contributed by atoms with van der Waals surface area (Å²) in [5.41, 5.74) is 10.6. The molecule has 5 aliphatic rings. The zero-order valence-corrected chi connectivity index (χ0v) is 37.6. The maximum Gasteiger partial charge on any atom is 0.253 e. The van der Waals surface area contributed by atoms with Gasteiger partial charge in [-0.1, -0.05) is 31.2 Å². The molecule has 3 N–H and O–H groups in total. The average molecular weight is 878 g/mol. The van der Waals surface area contributed by atoms with Crippen molar-refractivity contribution in [3.63, 3.8) is 0 Å². The Morgan fingerprint density at radius 2 is 1.68 bits per heavy atom. The lowest BCUT2D eigenvalue weighted by Gasteiger charge is -2.40. The summed E-state index contributed by atoms with van der Waals surface area (Å²) in [6.07, 6.45) is 12.1. The summed E-state index contributed by atoms with van der Waals surface area (Å²) in [5, 5.41) is 13.8. The van der Waals surface area contributed by atoms with Gasteiger partial charge in [0.05, 0.1) is 17.4 Å². The maximum absolute atomic E-state index is 15.3. The molecule has 338 valence electrons. The molecule has 3 amide bonds. The minimum absolute atomic E-state index is 0.129. The van der Waals surface area contributed by atoms with Crippen molar-refractivity contribution in [1.82, 2.24) is 35.2 Å². The maximum atomic E-state index is 15.3. The van der Waals surface area contributed by atoms with E-state index < -0.39 is 6.04 Å². The van der Waals surface area contributed by atoms with Gasteiger partial charge in [-0.2, -0.15) is 5.10 Å². The molecule has 0 saturated carbocycles. The number of pyridine rings is 1. The third kappa shape index (κ3) is 9.18. The van der Waals surface area contributed by atoms with Gasteiger partial charge in [0, 0.05) is 92.4 Å². The van der Waals surface area contributed by atoms with E-state index in [4.69, 9.17) is 4.98 Å². The minimum Gasteiger partial charge on any atom is -0.374 e. The number of nitrogens with zero attached hydrogens (tertiary/aromatic N) is 6. The van der Waals surface area contributed by atoms with Crippen molar-refractivity contribution < 1.29 is 18.8 Å². The second-order valence-electron chi connectivity index (χ2n) is 19.1. The first-order valence-electron chi connectivity index (χ1n) is 23.8. The number of anilines is 2. The molecule has 4 aliphatic heterocycles. The van der Waals surface area contributed by atoms with Crippen LogP contribution in [0.2, 0.25) is 0 Å². The molecule has 2 unspecified atom stereocenters. The number of imide groups is 1. The number of piperazine rings is 1. The Hall–Kier alpha value is -5.92. The van der Waals surface area contributed by atoms with Gasteiger partial charge in [-0.25, -0.2) is 4.39 Å². The van der Waals surface area contributed by atoms with Crippen LogP contribution in [0.5, 0.6) is 0 Å². The fraction of sp³-hybridized carbons (Fsp3) is 0.442. The van der Waals surface area contributed by atoms with E-state index in [0.717, 1.165) is 107 Å². The van der Waals surface area contributed by atoms with Crippen molar-refractivity contribution in [3.8, 4) is 11.1 Å². The molecule has 3 atom stereocenters. The Bertz CT molecular complexity index is 2590. The standard InChI is InChI=1S/C52H60FN9O3/c1-33-27-48-44(42(13-18-54-48)39-7-9-46-40(28-39)31-55-58-46)30-43(33)34(2)60-21-16-37(17-22-60)36-3-5-38(6-4-36)52(65)62-19-14-35(15-20-62)32-59-23-25-61(26-24-59)49-11-8-41(29-45(49)53)56-47-10-12-50(63)57-51(47)64/h3-9,11,13,18,28-31,33-35,37,47,56H,10,12,14-17,19-27,32H2,1-2H3,(H,55,58)(H,57,63,64)/t33?,34-,47?/m0/s1. The molecule has 0 bridgehead atoms. The summed E-state index contributed by atoms with van der Waals surface area (Å²) in [4.78, 5) is 51.4. The smallest absolute Gasteiger partial charge is 0.253 e. The van der Waals surface area contributed by atoms with Crippen LogP contribution in [-0.2, 0) is 16.0 Å². The molecule has 10 rings (SSSR count). The van der Waals surface area contributed by atoms with Crippen molar-refractivity contribution in [2.75, 3.05) is 69.1 Å². The van der Waals surface area contributed by atoms with Gasteiger partial charge >= 0.3 is 0 Å². The van der Waals surface area contributed by atoms with Crippen LogP contribution < -0.4 is 15.5 Å². The van der Waals surface area contributed by atoms with E-state index in [2.05, 4.69) is 91.9 Å². The van der Waals surface area contributed by atoms with Crippen molar-refractivity contribution >= 4 is 46.1 Å². The third-order valence-electron chi connectivity index (χ3n) is 15.1. The molecule has 6 heterocycles. The normalized spacial score (nSPS) is 22.1. The summed E-state index contributed by atoms with van der Waals surface area (Å²) in [5.74, 6) is 0.605. The predicted molar refractivity (Wildman–Crippen MR) is 253 cm³/mol. The number of H-pyrrole nitrogens is 1. The highest BCUT2D eigenvalue weighted by molar-refractivity contribution is 6.01. The van der Waals surface area contributed by atoms with Gasteiger partial charge < -0.3 is 15.1 Å². The fourth-order valence-corrected chi connectivity index (χ4v) is 11.1. The zero-order valence-electron chi connectivity index (χ0n) is 37.6. The third-order valence-corrected chi connectivity index (χ3v) is 15.1. The number of carbonyl (C=O) groups is 3. The van der Waals surface area contributed by atoms with Crippen molar-refractivity contribution in [3.05, 3.63) is 113 Å². The molecule has 2 aromatic heterocycles. The number of nitrogens with one attached hydrogen (secondary N) is 3. The SMILES string of the molecule is CC1Cc2nccc(-c3ccc4[nH]ncc4c3)c2C=C1[C@H](C)N1CCC(c2ccc(C(=O)N3CCC(CN4CCN(c5ccc(NC6CCC(=O)NC6=O)cc5F)CC4)CC3)cc2)CC1. The molecule has 0 spiro atoms. The number of hydrogen-bond donors (Lipinski definition) is 3. The van der Waals surface area contributed by atoms with Gasteiger partial charge in [-0.3, -0.25) is 39.6 Å². The van der Waals surface area contributed by atoms with Gasteiger partial charge in [0.2, 0.25) is 11.8 Å². The number of aromatic amines is 1. The van der Waals surface area contributed by atoms with Gasteiger partial charge in [0.1, 0.15) is 11.9 Å². The molecule has 0 radical (unpaired) electrons. The Morgan fingerprint density at radius 1 is 0.892 bits per heavy atom. The summed E-state index contributed by atoms with van der Waals surface area (Å²) in [6, 6.07) is 22.0. The molecule has 65 heavy (non-hydrogen) atoms. The van der Waals surface area contributed by atoms with Crippen LogP contribution >= 0.6 is 0 Å². The average Bonchev–Trinajstić information content (AvgIpc) is 3.81. The van der Waals surface area contributed by atoms with Gasteiger partial charge in [0.25, 0.3) is 5.91 Å². The Balaban J connectivity index is 0.673. The number of hydrogen-bond acceptors (Lipinski definition) is 9. The van der Waals surface area contributed by atoms with Crippen LogP contribution in [0.4, 0.5) is 15.8 Å². The van der Waals surface area contributed by atoms with E-state index in [0.29, 0.717) is 41.6 Å². The van der Waals surface area contributed by atoms with Gasteiger partial charge in [-0.15, -0.1) is 0 Å². The van der Waals surface area contributed by atoms with E-state index in [1.165, 1.54) is 39.6 Å². The zero-order chi connectivity index (χ0) is 44.6. The number of aromatic nitrogens is 3. The lowest BCUT2D eigenvalue weighted by molar-refractivity contribution is -0.133. The molecule has 5 aromatic rings. The summed E-state index contributed by atoms with van der Waals surface area (Å²) < 4.78 is 15.3. The van der Waals surface area contributed by atoms with Crippen molar-refractivity contribution in [2.45, 2.75) is 76.8 Å². The first kappa shape index (κ1) is 43.0. The molecular weight excluding hydrogens is 818 g/mol.